The average molecular weight is 433 g/mol. The molecule has 0 saturated carbocycles. The third-order valence-corrected chi connectivity index (χ3v) is 5.63. The molecule has 4 rings (SSSR count). The average Bonchev–Trinajstić information content (AvgIpc) is 3.26. The van der Waals surface area contributed by atoms with E-state index in [0.717, 1.165) is 27.1 Å². The van der Waals surface area contributed by atoms with Crippen LogP contribution >= 0.6 is 11.3 Å². The number of fused-ring (bicyclic) bond motifs is 1. The van der Waals surface area contributed by atoms with Crippen LogP contribution in [0.2, 0.25) is 0 Å². The number of methoxy groups -OCH3 is 2. The van der Waals surface area contributed by atoms with E-state index in [1.54, 1.807) is 19.2 Å². The fraction of sp³-hybridized carbons (Fsp3) is 0.125. The topological polar surface area (TPSA) is 74.7 Å². The van der Waals surface area contributed by atoms with E-state index in [0.29, 0.717) is 5.69 Å². The lowest BCUT2D eigenvalue weighted by atomic mass is 10.1. The van der Waals surface area contributed by atoms with Gasteiger partial charge in [-0.3, -0.25) is 4.79 Å². The van der Waals surface area contributed by atoms with Gasteiger partial charge >= 0.3 is 11.9 Å². The summed E-state index contributed by atoms with van der Waals surface area (Å²) in [5.41, 5.74) is 1.74. The largest absolute Gasteiger partial charge is 0.497 e. The quantitative estimate of drug-likeness (QED) is 0.318. The summed E-state index contributed by atoms with van der Waals surface area (Å²) in [4.78, 5) is 29.3. The van der Waals surface area contributed by atoms with Gasteiger partial charge < -0.3 is 14.2 Å². The van der Waals surface area contributed by atoms with Gasteiger partial charge in [0.2, 0.25) is 0 Å². The molecule has 0 N–H and O–H groups in total. The van der Waals surface area contributed by atoms with Gasteiger partial charge in [-0.2, -0.15) is 0 Å². The highest BCUT2D eigenvalue weighted by molar-refractivity contribution is 7.13. The molecule has 7 heteroatoms. The summed E-state index contributed by atoms with van der Waals surface area (Å²) in [5, 5.41) is 4.33. The molecule has 3 aromatic carbocycles. The number of esters is 2. The number of carbonyl (C=O) groups is 2. The Bertz CT molecular complexity index is 1250. The molecular formula is C24H19NO5S. The van der Waals surface area contributed by atoms with Gasteiger partial charge in [0.15, 0.2) is 0 Å². The highest BCUT2D eigenvalue weighted by Gasteiger charge is 2.18. The number of benzene rings is 3. The third-order valence-electron chi connectivity index (χ3n) is 4.69. The lowest BCUT2D eigenvalue weighted by Gasteiger charge is -2.10. The molecule has 0 saturated heterocycles. The molecule has 0 fully saturated rings. The van der Waals surface area contributed by atoms with Crippen LogP contribution in [-0.2, 0) is 16.0 Å². The smallest absolute Gasteiger partial charge is 0.341 e. The van der Waals surface area contributed by atoms with Crippen LogP contribution in [-0.4, -0.2) is 31.1 Å². The van der Waals surface area contributed by atoms with Crippen LogP contribution in [0.3, 0.4) is 0 Å². The fourth-order valence-corrected chi connectivity index (χ4v) is 3.96. The molecule has 0 aliphatic heterocycles. The zero-order valence-corrected chi connectivity index (χ0v) is 17.8. The van der Waals surface area contributed by atoms with Crippen molar-refractivity contribution in [1.82, 2.24) is 4.98 Å². The van der Waals surface area contributed by atoms with Crippen LogP contribution in [0.25, 0.3) is 21.3 Å². The van der Waals surface area contributed by atoms with Gasteiger partial charge in [0.25, 0.3) is 0 Å². The van der Waals surface area contributed by atoms with Crippen LogP contribution < -0.4 is 9.47 Å². The Hall–Kier alpha value is -3.71. The first-order chi connectivity index (χ1) is 15.1. The van der Waals surface area contributed by atoms with Crippen molar-refractivity contribution in [2.75, 3.05) is 14.2 Å². The van der Waals surface area contributed by atoms with E-state index >= 15 is 0 Å². The summed E-state index contributed by atoms with van der Waals surface area (Å²) < 4.78 is 15.5. The van der Waals surface area contributed by atoms with Crippen molar-refractivity contribution in [2.24, 2.45) is 0 Å². The van der Waals surface area contributed by atoms with E-state index in [4.69, 9.17) is 14.2 Å². The van der Waals surface area contributed by atoms with E-state index in [1.165, 1.54) is 18.4 Å². The van der Waals surface area contributed by atoms with Crippen molar-refractivity contribution >= 4 is 34.0 Å². The molecule has 0 unspecified atom stereocenters. The molecule has 31 heavy (non-hydrogen) atoms. The zero-order chi connectivity index (χ0) is 21.8. The first kappa shape index (κ1) is 20.6. The Morgan fingerprint density at radius 2 is 1.68 bits per heavy atom. The van der Waals surface area contributed by atoms with E-state index in [9.17, 15) is 9.59 Å². The third kappa shape index (κ3) is 4.57. The molecule has 0 spiro atoms. The van der Waals surface area contributed by atoms with E-state index < -0.39 is 11.9 Å². The molecule has 0 aliphatic carbocycles. The minimum atomic E-state index is -0.566. The zero-order valence-electron chi connectivity index (χ0n) is 17.0. The molecular weight excluding hydrogens is 414 g/mol. The predicted octanol–water partition coefficient (Wildman–Crippen LogP) is 4.91. The summed E-state index contributed by atoms with van der Waals surface area (Å²) >= 11 is 1.44. The lowest BCUT2D eigenvalue weighted by Crippen LogP contribution is -2.14. The van der Waals surface area contributed by atoms with Gasteiger partial charge in [0.05, 0.1) is 26.3 Å². The molecule has 156 valence electrons. The standard InChI is InChI=1S/C24H19NO5S/c1-28-19-9-7-15(8-10-19)23-25-18(14-31-23)13-22(26)30-21-12-17-6-4-3-5-16(17)11-20(21)24(27)29-2/h3-12,14H,13H2,1-2H3. The van der Waals surface area contributed by atoms with Crippen molar-refractivity contribution in [3.63, 3.8) is 0 Å². The van der Waals surface area contributed by atoms with Crippen LogP contribution in [0.1, 0.15) is 16.1 Å². The first-order valence-corrected chi connectivity index (χ1v) is 10.4. The number of hydrogen-bond donors (Lipinski definition) is 0. The van der Waals surface area contributed by atoms with Crippen LogP contribution in [0, 0.1) is 0 Å². The van der Waals surface area contributed by atoms with Crippen LogP contribution in [0.4, 0.5) is 0 Å². The predicted molar refractivity (Wildman–Crippen MR) is 119 cm³/mol. The summed E-state index contributed by atoms with van der Waals surface area (Å²) in [6.07, 6.45) is -0.0138. The molecule has 4 aromatic rings. The van der Waals surface area contributed by atoms with Crippen molar-refractivity contribution in [3.05, 3.63) is 77.3 Å². The second-order valence-electron chi connectivity index (χ2n) is 6.71. The second-order valence-corrected chi connectivity index (χ2v) is 7.57. The van der Waals surface area contributed by atoms with Crippen molar-refractivity contribution in [2.45, 2.75) is 6.42 Å². The number of carbonyl (C=O) groups excluding carboxylic acids is 2. The monoisotopic (exact) mass is 433 g/mol. The number of hydrogen-bond acceptors (Lipinski definition) is 7. The van der Waals surface area contributed by atoms with Gasteiger partial charge in [0.1, 0.15) is 22.1 Å². The number of rotatable bonds is 6. The second kappa shape index (κ2) is 8.97. The molecule has 0 radical (unpaired) electrons. The van der Waals surface area contributed by atoms with Crippen molar-refractivity contribution in [1.29, 1.82) is 0 Å². The molecule has 0 aliphatic rings. The summed E-state index contributed by atoms with van der Waals surface area (Å²) in [5.74, 6) is -0.141. The number of aromatic nitrogens is 1. The molecule has 6 nitrogen and oxygen atoms in total. The Morgan fingerprint density at radius 1 is 0.968 bits per heavy atom. The van der Waals surface area contributed by atoms with Gasteiger partial charge in [-0.05, 0) is 47.2 Å². The fourth-order valence-electron chi connectivity index (χ4n) is 3.13. The Balaban J connectivity index is 1.53. The van der Waals surface area contributed by atoms with Crippen LogP contribution in [0.15, 0.2) is 66.0 Å². The Labute approximate surface area is 183 Å². The number of ether oxygens (including phenoxy) is 3. The maximum Gasteiger partial charge on any atom is 0.341 e. The van der Waals surface area contributed by atoms with Gasteiger partial charge in [0, 0.05) is 10.9 Å². The molecule has 0 amide bonds. The SMILES string of the molecule is COC(=O)c1cc2ccccc2cc1OC(=O)Cc1csc(-c2ccc(OC)cc2)n1. The summed E-state index contributed by atoms with van der Waals surface area (Å²) in [7, 11) is 2.91. The highest BCUT2D eigenvalue weighted by atomic mass is 32.1. The maximum atomic E-state index is 12.6. The van der Waals surface area contributed by atoms with Crippen molar-refractivity contribution in [3.8, 4) is 22.1 Å². The van der Waals surface area contributed by atoms with Gasteiger partial charge in [-0.1, -0.05) is 24.3 Å². The van der Waals surface area contributed by atoms with E-state index in [-0.39, 0.29) is 17.7 Å². The first-order valence-electron chi connectivity index (χ1n) is 9.48. The van der Waals surface area contributed by atoms with E-state index in [1.807, 2.05) is 53.9 Å². The van der Waals surface area contributed by atoms with Crippen molar-refractivity contribution < 1.29 is 23.8 Å². The lowest BCUT2D eigenvalue weighted by molar-refractivity contribution is -0.133. The Kier molecular flexibility index (Phi) is 5.95. The number of nitrogens with zero attached hydrogens (tertiary/aromatic N) is 1. The Morgan fingerprint density at radius 3 is 2.35 bits per heavy atom. The highest BCUT2D eigenvalue weighted by Crippen LogP contribution is 2.28. The molecule has 0 bridgehead atoms. The summed E-state index contributed by atoms with van der Waals surface area (Å²) in [6.45, 7) is 0. The maximum absolute atomic E-state index is 12.6. The van der Waals surface area contributed by atoms with E-state index in [2.05, 4.69) is 4.98 Å². The molecule has 0 atom stereocenters. The van der Waals surface area contributed by atoms with Crippen LogP contribution in [0.5, 0.6) is 11.5 Å². The minimum absolute atomic E-state index is 0.0138. The minimum Gasteiger partial charge on any atom is -0.497 e. The summed E-state index contributed by atoms with van der Waals surface area (Å²) in [6, 6.07) is 18.4. The molecule has 1 heterocycles. The molecule has 1 aromatic heterocycles. The van der Waals surface area contributed by atoms with Gasteiger partial charge in [-0.15, -0.1) is 11.3 Å². The normalized spacial score (nSPS) is 10.6. The van der Waals surface area contributed by atoms with Gasteiger partial charge in [-0.25, -0.2) is 9.78 Å². The number of thiazole rings is 1.